The number of esters is 1. The van der Waals surface area contributed by atoms with Crippen molar-refractivity contribution in [2.75, 3.05) is 26.9 Å². The van der Waals surface area contributed by atoms with E-state index in [4.69, 9.17) is 9.47 Å². The van der Waals surface area contributed by atoms with E-state index in [1.165, 1.54) is 19.1 Å². The fourth-order valence-electron chi connectivity index (χ4n) is 2.59. The van der Waals surface area contributed by atoms with E-state index in [1.807, 2.05) is 0 Å². The van der Waals surface area contributed by atoms with Crippen LogP contribution in [0.4, 0.5) is 0 Å². The lowest BCUT2D eigenvalue weighted by molar-refractivity contribution is -0.160. The first-order chi connectivity index (χ1) is 9.22. The first kappa shape index (κ1) is 14.1. The molecule has 0 N–H and O–H groups in total. The van der Waals surface area contributed by atoms with Crippen molar-refractivity contribution in [3.05, 3.63) is 11.6 Å². The van der Waals surface area contributed by atoms with Gasteiger partial charge in [0.1, 0.15) is 0 Å². The number of nitrogens with zero attached hydrogens (tertiary/aromatic N) is 1. The van der Waals surface area contributed by atoms with Gasteiger partial charge >= 0.3 is 5.97 Å². The van der Waals surface area contributed by atoms with Gasteiger partial charge in [-0.1, -0.05) is 11.6 Å². The number of carbonyl (C=O) groups excluding carboxylic acids is 2. The minimum Gasteiger partial charge on any atom is -0.467 e. The third kappa shape index (κ3) is 3.56. The predicted octanol–water partition coefficient (Wildman–Crippen LogP) is 1.28. The van der Waals surface area contributed by atoms with E-state index in [0.717, 1.165) is 19.3 Å². The van der Waals surface area contributed by atoms with Gasteiger partial charge in [-0.15, -0.1) is 0 Å². The number of ether oxygens (including phenoxy) is 2. The smallest absolute Gasteiger partial charge is 0.331 e. The van der Waals surface area contributed by atoms with Crippen LogP contribution in [-0.2, 0) is 19.1 Å². The molecule has 1 aliphatic carbocycles. The Labute approximate surface area is 113 Å². The van der Waals surface area contributed by atoms with Crippen LogP contribution in [0.5, 0.6) is 0 Å². The monoisotopic (exact) mass is 267 g/mol. The highest BCUT2D eigenvalue weighted by Gasteiger charge is 2.33. The van der Waals surface area contributed by atoms with Crippen molar-refractivity contribution in [3.63, 3.8) is 0 Å². The fraction of sp³-hybridized carbons (Fsp3) is 0.714. The lowest BCUT2D eigenvalue weighted by Crippen LogP contribution is -2.53. The Balaban J connectivity index is 1.98. The molecule has 0 bridgehead atoms. The molecule has 0 saturated carbocycles. The van der Waals surface area contributed by atoms with Crippen molar-refractivity contribution in [1.29, 1.82) is 0 Å². The van der Waals surface area contributed by atoms with Crippen LogP contribution in [0.15, 0.2) is 11.6 Å². The number of allylic oxidation sites excluding steroid dienone is 1. The van der Waals surface area contributed by atoms with Gasteiger partial charge in [-0.3, -0.25) is 4.79 Å². The number of carbonyl (C=O) groups is 2. The second-order valence-corrected chi connectivity index (χ2v) is 4.99. The summed E-state index contributed by atoms with van der Waals surface area (Å²) in [5, 5.41) is 0. The molecule has 19 heavy (non-hydrogen) atoms. The van der Waals surface area contributed by atoms with Gasteiger partial charge in [-0.2, -0.15) is 0 Å². The zero-order valence-corrected chi connectivity index (χ0v) is 11.4. The van der Waals surface area contributed by atoms with Crippen molar-refractivity contribution in [3.8, 4) is 0 Å². The first-order valence-electron chi connectivity index (χ1n) is 6.85. The highest BCUT2D eigenvalue weighted by molar-refractivity contribution is 5.86. The Morgan fingerprint density at radius 3 is 3.00 bits per heavy atom. The molecule has 5 nitrogen and oxygen atoms in total. The predicted molar refractivity (Wildman–Crippen MR) is 69.5 cm³/mol. The van der Waals surface area contributed by atoms with Crippen LogP contribution in [0.1, 0.15) is 32.1 Å². The molecule has 1 atom stereocenters. The summed E-state index contributed by atoms with van der Waals surface area (Å²) in [7, 11) is 1.34. The van der Waals surface area contributed by atoms with Crippen LogP contribution >= 0.6 is 0 Å². The molecule has 0 spiro atoms. The van der Waals surface area contributed by atoms with Gasteiger partial charge in [-0.25, -0.2) is 4.79 Å². The highest BCUT2D eigenvalue weighted by Crippen LogP contribution is 2.22. The van der Waals surface area contributed by atoms with E-state index in [-0.39, 0.29) is 12.5 Å². The average Bonchev–Trinajstić information content (AvgIpc) is 2.47. The maximum Gasteiger partial charge on any atom is 0.331 e. The number of rotatable bonds is 3. The van der Waals surface area contributed by atoms with Crippen LogP contribution in [0.2, 0.25) is 0 Å². The molecule has 0 aromatic heterocycles. The van der Waals surface area contributed by atoms with Crippen LogP contribution in [-0.4, -0.2) is 49.7 Å². The molecule has 0 aromatic rings. The number of methoxy groups -OCH3 is 1. The van der Waals surface area contributed by atoms with Gasteiger partial charge in [0.2, 0.25) is 5.91 Å². The molecule has 2 rings (SSSR count). The van der Waals surface area contributed by atoms with Gasteiger partial charge in [0, 0.05) is 13.0 Å². The zero-order chi connectivity index (χ0) is 13.7. The maximum absolute atomic E-state index is 12.3. The standard InChI is InChI=1S/C14H21NO4/c1-18-14(17)12-10-19-8-7-15(12)13(16)9-11-5-3-2-4-6-11/h5,12H,2-4,6-10H2,1H3. The van der Waals surface area contributed by atoms with Crippen molar-refractivity contribution < 1.29 is 19.1 Å². The molecule has 5 heteroatoms. The molecule has 106 valence electrons. The number of amides is 1. The lowest BCUT2D eigenvalue weighted by atomic mass is 9.96. The Hall–Kier alpha value is -1.36. The summed E-state index contributed by atoms with van der Waals surface area (Å²) in [5.74, 6) is -0.391. The molecule has 1 saturated heterocycles. The van der Waals surface area contributed by atoms with E-state index in [1.54, 1.807) is 4.90 Å². The first-order valence-corrected chi connectivity index (χ1v) is 6.85. The summed E-state index contributed by atoms with van der Waals surface area (Å²) in [4.78, 5) is 25.6. The molecule has 0 radical (unpaired) electrons. The van der Waals surface area contributed by atoms with Crippen LogP contribution in [0.25, 0.3) is 0 Å². The largest absolute Gasteiger partial charge is 0.467 e. The minimum absolute atomic E-state index is 0.00634. The molecule has 1 heterocycles. The Bertz CT molecular complexity index is 378. The lowest BCUT2D eigenvalue weighted by Gasteiger charge is -2.34. The average molecular weight is 267 g/mol. The van der Waals surface area contributed by atoms with E-state index < -0.39 is 12.0 Å². The Morgan fingerprint density at radius 2 is 2.32 bits per heavy atom. The van der Waals surface area contributed by atoms with Crippen LogP contribution in [0, 0.1) is 0 Å². The molecule has 1 aliphatic heterocycles. The summed E-state index contributed by atoms with van der Waals surface area (Å²) in [6.45, 7) is 1.18. The fourth-order valence-corrected chi connectivity index (χ4v) is 2.59. The molecular formula is C14H21NO4. The van der Waals surface area contributed by atoms with Crippen LogP contribution in [0.3, 0.4) is 0 Å². The minimum atomic E-state index is -0.588. The van der Waals surface area contributed by atoms with E-state index >= 15 is 0 Å². The number of hydrogen-bond acceptors (Lipinski definition) is 4. The van der Waals surface area contributed by atoms with Crippen LogP contribution < -0.4 is 0 Å². The third-order valence-electron chi connectivity index (χ3n) is 3.69. The van der Waals surface area contributed by atoms with Gasteiger partial charge in [0.15, 0.2) is 6.04 Å². The van der Waals surface area contributed by atoms with Crippen molar-refractivity contribution in [2.24, 2.45) is 0 Å². The van der Waals surface area contributed by atoms with Gasteiger partial charge in [-0.05, 0) is 25.7 Å². The number of morpholine rings is 1. The van der Waals surface area contributed by atoms with Crippen molar-refractivity contribution >= 4 is 11.9 Å². The van der Waals surface area contributed by atoms with E-state index in [9.17, 15) is 9.59 Å². The topological polar surface area (TPSA) is 55.8 Å². The second-order valence-electron chi connectivity index (χ2n) is 4.99. The number of hydrogen-bond donors (Lipinski definition) is 0. The Kier molecular flexibility index (Phi) is 4.96. The van der Waals surface area contributed by atoms with Gasteiger partial charge in [0.25, 0.3) is 0 Å². The summed E-state index contributed by atoms with van der Waals surface area (Å²) in [6.07, 6.45) is 7.01. The normalized spacial score (nSPS) is 23.7. The highest BCUT2D eigenvalue weighted by atomic mass is 16.5. The molecular weight excluding hydrogens is 246 g/mol. The molecule has 1 amide bonds. The summed E-state index contributed by atoms with van der Waals surface area (Å²) >= 11 is 0. The third-order valence-corrected chi connectivity index (χ3v) is 3.69. The van der Waals surface area contributed by atoms with Gasteiger partial charge < -0.3 is 14.4 Å². The van der Waals surface area contributed by atoms with Gasteiger partial charge in [0.05, 0.1) is 20.3 Å². The molecule has 2 aliphatic rings. The summed E-state index contributed by atoms with van der Waals surface area (Å²) < 4.78 is 10.00. The summed E-state index contributed by atoms with van der Waals surface area (Å²) in [5.41, 5.74) is 1.20. The van der Waals surface area contributed by atoms with E-state index in [0.29, 0.717) is 19.6 Å². The van der Waals surface area contributed by atoms with E-state index in [2.05, 4.69) is 6.08 Å². The SMILES string of the molecule is COC(=O)C1COCCN1C(=O)CC1=CCCCC1. The van der Waals surface area contributed by atoms with Crippen molar-refractivity contribution in [2.45, 2.75) is 38.1 Å². The summed E-state index contributed by atoms with van der Waals surface area (Å²) in [6, 6.07) is -0.588. The zero-order valence-electron chi connectivity index (χ0n) is 11.4. The molecule has 1 fully saturated rings. The maximum atomic E-state index is 12.3. The Morgan fingerprint density at radius 1 is 1.47 bits per heavy atom. The molecule has 1 unspecified atom stereocenters. The second kappa shape index (κ2) is 6.70. The van der Waals surface area contributed by atoms with Crippen molar-refractivity contribution in [1.82, 2.24) is 4.90 Å². The molecule has 0 aromatic carbocycles. The quantitative estimate of drug-likeness (QED) is 0.571.